The fraction of sp³-hybridized carbons (Fsp3) is 0.156. The lowest BCUT2D eigenvalue weighted by Crippen LogP contribution is -2.39. The first-order valence-corrected chi connectivity index (χ1v) is 12.5. The summed E-state index contributed by atoms with van der Waals surface area (Å²) < 4.78 is 12.2. The van der Waals surface area contributed by atoms with Crippen molar-refractivity contribution in [3.63, 3.8) is 0 Å². The Bertz CT molecular complexity index is 1540. The van der Waals surface area contributed by atoms with Gasteiger partial charge >= 0.3 is 0 Å². The Kier molecular flexibility index (Phi) is 5.78. The number of amides is 1. The van der Waals surface area contributed by atoms with Gasteiger partial charge in [0.1, 0.15) is 5.75 Å². The molecule has 2 N–H and O–H groups in total. The van der Waals surface area contributed by atoms with E-state index in [0.29, 0.717) is 12.4 Å². The van der Waals surface area contributed by atoms with E-state index >= 15 is 0 Å². The summed E-state index contributed by atoms with van der Waals surface area (Å²) in [7, 11) is 1.65. The standard InChI is InChI=1S/C32H28N2O3/c1-3-37-32(25-16-10-11-17-27(25)34-31(32)35)29-24-20-23(36-2)18-19-26(24)33-30(29)28(21-12-6-4-7-13-21)22-14-8-5-9-15-22/h4-20,28,33H,3H2,1-2H3,(H,34,35). The SMILES string of the molecule is CCOC1(c2c(C(c3ccccc3)c3ccccc3)[nH]c3ccc(OC)cc23)C(=O)Nc2ccccc21. The van der Waals surface area contributed by atoms with Crippen molar-refractivity contribution >= 4 is 22.5 Å². The monoisotopic (exact) mass is 488 g/mol. The van der Waals surface area contributed by atoms with Crippen molar-refractivity contribution in [3.05, 3.63) is 131 Å². The van der Waals surface area contributed by atoms with E-state index in [0.717, 1.165) is 44.5 Å². The molecule has 0 aliphatic carbocycles. The van der Waals surface area contributed by atoms with Crippen LogP contribution in [0.2, 0.25) is 0 Å². The van der Waals surface area contributed by atoms with Gasteiger partial charge in [0.2, 0.25) is 5.60 Å². The van der Waals surface area contributed by atoms with Gasteiger partial charge in [-0.1, -0.05) is 78.9 Å². The number of carbonyl (C=O) groups is 1. The summed E-state index contributed by atoms with van der Waals surface area (Å²) in [6.45, 7) is 2.29. The second-order valence-corrected chi connectivity index (χ2v) is 9.19. The number of benzene rings is 4. The van der Waals surface area contributed by atoms with Crippen molar-refractivity contribution < 1.29 is 14.3 Å². The Morgan fingerprint density at radius 3 is 2.14 bits per heavy atom. The molecule has 0 spiro atoms. The van der Waals surface area contributed by atoms with Crippen LogP contribution < -0.4 is 10.1 Å². The molecular weight excluding hydrogens is 460 g/mol. The normalized spacial score (nSPS) is 16.7. The summed E-state index contributed by atoms with van der Waals surface area (Å²) in [6.07, 6.45) is 0. The molecule has 2 heterocycles. The maximum absolute atomic E-state index is 14.0. The molecule has 0 fully saturated rings. The van der Waals surface area contributed by atoms with Crippen molar-refractivity contribution in [2.75, 3.05) is 19.0 Å². The average Bonchev–Trinajstić information content (AvgIpc) is 3.45. The summed E-state index contributed by atoms with van der Waals surface area (Å²) in [6, 6.07) is 34.5. The zero-order valence-electron chi connectivity index (χ0n) is 20.8. The molecule has 0 radical (unpaired) electrons. The smallest absolute Gasteiger partial charge is 0.266 e. The van der Waals surface area contributed by atoms with Crippen molar-refractivity contribution in [2.24, 2.45) is 0 Å². The minimum absolute atomic E-state index is 0.159. The Labute approximate surface area is 216 Å². The van der Waals surface area contributed by atoms with E-state index in [-0.39, 0.29) is 11.8 Å². The number of anilines is 1. The minimum atomic E-state index is -1.33. The third-order valence-corrected chi connectivity index (χ3v) is 7.18. The first-order valence-electron chi connectivity index (χ1n) is 12.5. The zero-order chi connectivity index (χ0) is 25.4. The van der Waals surface area contributed by atoms with E-state index < -0.39 is 5.60 Å². The lowest BCUT2D eigenvalue weighted by atomic mass is 9.79. The number of H-pyrrole nitrogens is 1. The number of nitrogens with one attached hydrogen (secondary N) is 2. The number of fused-ring (bicyclic) bond motifs is 2. The van der Waals surface area contributed by atoms with Crippen molar-refractivity contribution in [2.45, 2.75) is 18.4 Å². The molecule has 6 rings (SSSR count). The molecule has 0 saturated carbocycles. The van der Waals surface area contributed by atoms with Crippen molar-refractivity contribution in [1.29, 1.82) is 0 Å². The van der Waals surface area contributed by atoms with Crippen molar-refractivity contribution in [1.82, 2.24) is 4.98 Å². The van der Waals surface area contributed by atoms with Gasteiger partial charge in [0, 0.05) is 45.9 Å². The van der Waals surface area contributed by atoms with Crippen LogP contribution in [0.1, 0.15) is 40.8 Å². The number of aromatic amines is 1. The Balaban J connectivity index is 1.74. The minimum Gasteiger partial charge on any atom is -0.497 e. The number of hydrogen-bond donors (Lipinski definition) is 2. The van der Waals surface area contributed by atoms with Crippen LogP contribution in [-0.2, 0) is 15.1 Å². The van der Waals surface area contributed by atoms with Gasteiger partial charge in [-0.05, 0) is 42.3 Å². The number of rotatable bonds is 7. The maximum Gasteiger partial charge on any atom is 0.266 e. The zero-order valence-corrected chi connectivity index (χ0v) is 20.8. The van der Waals surface area contributed by atoms with Crippen LogP contribution in [0.25, 0.3) is 10.9 Å². The second-order valence-electron chi connectivity index (χ2n) is 9.19. The van der Waals surface area contributed by atoms with Crippen LogP contribution in [0, 0.1) is 0 Å². The number of aromatic nitrogens is 1. The number of para-hydroxylation sites is 1. The van der Waals surface area contributed by atoms with E-state index in [4.69, 9.17) is 9.47 Å². The molecule has 0 bridgehead atoms. The highest BCUT2D eigenvalue weighted by atomic mass is 16.5. The number of methoxy groups -OCH3 is 1. The van der Waals surface area contributed by atoms with Gasteiger partial charge in [-0.3, -0.25) is 4.79 Å². The quantitative estimate of drug-likeness (QED) is 0.272. The molecule has 1 aliphatic heterocycles. The van der Waals surface area contributed by atoms with Gasteiger partial charge in [0.25, 0.3) is 5.91 Å². The van der Waals surface area contributed by atoms with Gasteiger partial charge in [-0.25, -0.2) is 0 Å². The van der Waals surface area contributed by atoms with Crippen LogP contribution in [0.15, 0.2) is 103 Å². The van der Waals surface area contributed by atoms with Crippen LogP contribution in [0.3, 0.4) is 0 Å². The number of ether oxygens (including phenoxy) is 2. The molecule has 184 valence electrons. The highest BCUT2D eigenvalue weighted by Gasteiger charge is 2.52. The molecule has 1 unspecified atom stereocenters. The largest absolute Gasteiger partial charge is 0.497 e. The van der Waals surface area contributed by atoms with Gasteiger partial charge < -0.3 is 19.8 Å². The topological polar surface area (TPSA) is 63.4 Å². The molecule has 5 aromatic rings. The van der Waals surface area contributed by atoms with Gasteiger partial charge in [0.15, 0.2) is 0 Å². The molecule has 5 nitrogen and oxygen atoms in total. The van der Waals surface area contributed by atoms with Crippen LogP contribution in [0.4, 0.5) is 5.69 Å². The fourth-order valence-electron chi connectivity index (χ4n) is 5.64. The van der Waals surface area contributed by atoms with E-state index in [2.05, 4.69) is 34.6 Å². The highest BCUT2D eigenvalue weighted by molar-refractivity contribution is 6.10. The molecule has 37 heavy (non-hydrogen) atoms. The number of hydrogen-bond acceptors (Lipinski definition) is 3. The van der Waals surface area contributed by atoms with Crippen molar-refractivity contribution in [3.8, 4) is 5.75 Å². The molecule has 1 amide bonds. The predicted molar refractivity (Wildman–Crippen MR) is 146 cm³/mol. The Morgan fingerprint density at radius 2 is 1.49 bits per heavy atom. The summed E-state index contributed by atoms with van der Waals surface area (Å²) in [5, 5.41) is 3.99. The third kappa shape index (κ3) is 3.62. The molecule has 5 heteroatoms. The Hall–Kier alpha value is -4.35. The maximum atomic E-state index is 14.0. The summed E-state index contributed by atoms with van der Waals surface area (Å²) in [5.74, 6) is 0.364. The van der Waals surface area contributed by atoms with Crippen LogP contribution >= 0.6 is 0 Å². The second kappa shape index (κ2) is 9.26. The lowest BCUT2D eigenvalue weighted by Gasteiger charge is -2.31. The Morgan fingerprint density at radius 1 is 0.838 bits per heavy atom. The van der Waals surface area contributed by atoms with E-state index in [1.54, 1.807) is 7.11 Å². The highest BCUT2D eigenvalue weighted by Crippen LogP contribution is 2.50. The fourth-order valence-corrected chi connectivity index (χ4v) is 5.64. The number of carbonyl (C=O) groups excluding carboxylic acids is 1. The average molecular weight is 489 g/mol. The molecule has 4 aromatic carbocycles. The molecule has 1 aromatic heterocycles. The third-order valence-electron chi connectivity index (χ3n) is 7.18. The summed E-state index contributed by atoms with van der Waals surface area (Å²) in [5.41, 5.74) is 5.13. The van der Waals surface area contributed by atoms with E-state index in [1.807, 2.05) is 85.8 Å². The predicted octanol–water partition coefficient (Wildman–Crippen LogP) is 6.59. The van der Waals surface area contributed by atoms with Gasteiger partial charge in [0.05, 0.1) is 7.11 Å². The lowest BCUT2D eigenvalue weighted by molar-refractivity contribution is -0.135. The summed E-state index contributed by atoms with van der Waals surface area (Å²) >= 11 is 0. The van der Waals surface area contributed by atoms with Gasteiger partial charge in [-0.15, -0.1) is 0 Å². The molecule has 1 aliphatic rings. The van der Waals surface area contributed by atoms with Crippen LogP contribution in [-0.4, -0.2) is 24.6 Å². The molecule has 0 saturated heterocycles. The summed E-state index contributed by atoms with van der Waals surface area (Å²) in [4.78, 5) is 17.7. The molecule has 1 atom stereocenters. The van der Waals surface area contributed by atoms with Crippen LogP contribution in [0.5, 0.6) is 5.75 Å². The first-order chi connectivity index (χ1) is 18.2. The molecular formula is C32H28N2O3. The van der Waals surface area contributed by atoms with Gasteiger partial charge in [-0.2, -0.15) is 0 Å². The van der Waals surface area contributed by atoms with E-state index in [1.165, 1.54) is 0 Å². The van der Waals surface area contributed by atoms with E-state index in [9.17, 15) is 4.79 Å². The first kappa shape index (κ1) is 23.1.